The SMILES string of the molecule is C=C/C=C(\C)CC[C@H]1O[C@@H]1CO. The Hall–Kier alpha value is -0.600. The molecule has 2 nitrogen and oxygen atoms in total. The van der Waals surface area contributed by atoms with Crippen molar-refractivity contribution in [3.8, 4) is 0 Å². The first-order valence-electron chi connectivity index (χ1n) is 4.32. The van der Waals surface area contributed by atoms with E-state index < -0.39 is 0 Å². The molecule has 2 heteroatoms. The van der Waals surface area contributed by atoms with Crippen LogP contribution in [0.5, 0.6) is 0 Å². The van der Waals surface area contributed by atoms with Crippen LogP contribution in [0.2, 0.25) is 0 Å². The normalized spacial score (nSPS) is 28.7. The molecule has 0 spiro atoms. The van der Waals surface area contributed by atoms with Crippen molar-refractivity contribution in [2.24, 2.45) is 0 Å². The van der Waals surface area contributed by atoms with Gasteiger partial charge in [0.05, 0.1) is 12.7 Å². The Kier molecular flexibility index (Phi) is 3.50. The summed E-state index contributed by atoms with van der Waals surface area (Å²) in [6.45, 7) is 5.87. The van der Waals surface area contributed by atoms with Gasteiger partial charge in [0.25, 0.3) is 0 Å². The Labute approximate surface area is 73.5 Å². The summed E-state index contributed by atoms with van der Waals surface area (Å²) in [5, 5.41) is 8.69. The van der Waals surface area contributed by atoms with Crippen LogP contribution < -0.4 is 0 Å². The Morgan fingerprint density at radius 3 is 2.83 bits per heavy atom. The summed E-state index contributed by atoms with van der Waals surface area (Å²) < 4.78 is 5.19. The minimum absolute atomic E-state index is 0.113. The molecule has 1 aliphatic rings. The van der Waals surface area contributed by atoms with E-state index in [2.05, 4.69) is 13.5 Å². The zero-order chi connectivity index (χ0) is 8.97. The number of ether oxygens (including phenoxy) is 1. The zero-order valence-corrected chi connectivity index (χ0v) is 7.49. The molecule has 68 valence electrons. The second kappa shape index (κ2) is 4.43. The van der Waals surface area contributed by atoms with E-state index in [4.69, 9.17) is 9.84 Å². The van der Waals surface area contributed by atoms with Crippen LogP contribution >= 0.6 is 0 Å². The van der Waals surface area contributed by atoms with Crippen molar-refractivity contribution in [3.63, 3.8) is 0 Å². The summed E-state index contributed by atoms with van der Waals surface area (Å²) in [4.78, 5) is 0. The number of allylic oxidation sites excluding steroid dienone is 3. The van der Waals surface area contributed by atoms with E-state index in [1.54, 1.807) is 6.08 Å². The minimum atomic E-state index is 0.113. The summed E-state index contributed by atoms with van der Waals surface area (Å²) >= 11 is 0. The average molecular weight is 168 g/mol. The molecule has 0 aromatic rings. The van der Waals surface area contributed by atoms with E-state index in [0.717, 1.165) is 12.8 Å². The van der Waals surface area contributed by atoms with Crippen LogP contribution in [0, 0.1) is 0 Å². The summed E-state index contributed by atoms with van der Waals surface area (Å²) in [6.07, 6.45) is 6.27. The smallest absolute Gasteiger partial charge is 0.107 e. The van der Waals surface area contributed by atoms with Crippen molar-refractivity contribution in [2.45, 2.75) is 32.0 Å². The Balaban J connectivity index is 2.11. The maximum atomic E-state index is 8.69. The van der Waals surface area contributed by atoms with Gasteiger partial charge in [0.15, 0.2) is 0 Å². The van der Waals surface area contributed by atoms with E-state index in [0.29, 0.717) is 6.10 Å². The Morgan fingerprint density at radius 2 is 2.33 bits per heavy atom. The lowest BCUT2D eigenvalue weighted by atomic mass is 10.1. The maximum Gasteiger partial charge on any atom is 0.107 e. The average Bonchev–Trinajstić information content (AvgIpc) is 2.80. The third kappa shape index (κ3) is 2.80. The van der Waals surface area contributed by atoms with Crippen molar-refractivity contribution in [1.29, 1.82) is 0 Å². The van der Waals surface area contributed by atoms with Crippen LogP contribution in [0.25, 0.3) is 0 Å². The van der Waals surface area contributed by atoms with E-state index in [9.17, 15) is 0 Å². The second-order valence-electron chi connectivity index (χ2n) is 3.18. The molecule has 1 rings (SSSR count). The van der Waals surface area contributed by atoms with Gasteiger partial charge in [-0.2, -0.15) is 0 Å². The topological polar surface area (TPSA) is 32.8 Å². The number of hydrogen-bond donors (Lipinski definition) is 1. The predicted octanol–water partition coefficient (Wildman–Crippen LogP) is 1.66. The standard InChI is InChI=1S/C10H16O2/c1-3-4-8(2)5-6-9-10(7-11)12-9/h3-4,9-11H,1,5-7H2,2H3/b8-4+/t9-,10-/m1/s1. The van der Waals surface area contributed by atoms with E-state index >= 15 is 0 Å². The number of epoxide rings is 1. The lowest BCUT2D eigenvalue weighted by Gasteiger charge is -1.96. The molecule has 0 aliphatic carbocycles. The fourth-order valence-corrected chi connectivity index (χ4v) is 1.25. The molecule has 0 aromatic carbocycles. The van der Waals surface area contributed by atoms with Crippen LogP contribution in [0.4, 0.5) is 0 Å². The largest absolute Gasteiger partial charge is 0.394 e. The number of rotatable bonds is 5. The quantitative estimate of drug-likeness (QED) is 0.500. The third-order valence-corrected chi connectivity index (χ3v) is 2.09. The van der Waals surface area contributed by atoms with Gasteiger partial charge in [-0.1, -0.05) is 24.3 Å². The molecule has 0 amide bonds. The Bertz CT molecular complexity index is 184. The second-order valence-corrected chi connectivity index (χ2v) is 3.18. The van der Waals surface area contributed by atoms with E-state index in [1.807, 2.05) is 6.08 Å². The molecule has 1 fully saturated rings. The molecule has 1 heterocycles. The number of aliphatic hydroxyl groups is 1. The summed E-state index contributed by atoms with van der Waals surface area (Å²) in [5.41, 5.74) is 1.32. The van der Waals surface area contributed by atoms with Crippen molar-refractivity contribution in [1.82, 2.24) is 0 Å². The molecule has 1 N–H and O–H groups in total. The number of aliphatic hydroxyl groups excluding tert-OH is 1. The first-order chi connectivity index (χ1) is 5.77. The van der Waals surface area contributed by atoms with Gasteiger partial charge in [0, 0.05) is 0 Å². The highest BCUT2D eigenvalue weighted by Gasteiger charge is 2.37. The summed E-state index contributed by atoms with van der Waals surface area (Å²) in [6, 6.07) is 0. The van der Waals surface area contributed by atoms with Gasteiger partial charge in [-0.3, -0.25) is 0 Å². The van der Waals surface area contributed by atoms with Gasteiger partial charge in [-0.15, -0.1) is 0 Å². The van der Waals surface area contributed by atoms with Gasteiger partial charge in [-0.05, 0) is 19.8 Å². The van der Waals surface area contributed by atoms with Gasteiger partial charge in [-0.25, -0.2) is 0 Å². The first-order valence-corrected chi connectivity index (χ1v) is 4.32. The molecule has 1 aliphatic heterocycles. The minimum Gasteiger partial charge on any atom is -0.394 e. The van der Waals surface area contributed by atoms with Gasteiger partial charge in [0.2, 0.25) is 0 Å². The summed E-state index contributed by atoms with van der Waals surface area (Å²) in [5.74, 6) is 0. The fraction of sp³-hybridized carbons (Fsp3) is 0.600. The van der Waals surface area contributed by atoms with E-state index in [1.165, 1.54) is 5.57 Å². The third-order valence-electron chi connectivity index (χ3n) is 2.09. The lowest BCUT2D eigenvalue weighted by molar-refractivity contribution is 0.241. The predicted molar refractivity (Wildman–Crippen MR) is 48.9 cm³/mol. The molecule has 12 heavy (non-hydrogen) atoms. The lowest BCUT2D eigenvalue weighted by Crippen LogP contribution is -1.98. The van der Waals surface area contributed by atoms with Crippen LogP contribution in [-0.2, 0) is 4.74 Å². The van der Waals surface area contributed by atoms with Gasteiger partial charge < -0.3 is 9.84 Å². The van der Waals surface area contributed by atoms with Crippen LogP contribution in [0.15, 0.2) is 24.3 Å². The van der Waals surface area contributed by atoms with Crippen molar-refractivity contribution in [3.05, 3.63) is 24.3 Å². The molecule has 2 atom stereocenters. The molecule has 0 saturated carbocycles. The first kappa shape index (κ1) is 9.49. The Morgan fingerprint density at radius 1 is 1.58 bits per heavy atom. The highest BCUT2D eigenvalue weighted by Crippen LogP contribution is 2.27. The molecule has 0 unspecified atom stereocenters. The van der Waals surface area contributed by atoms with Crippen LogP contribution in [0.3, 0.4) is 0 Å². The highest BCUT2D eigenvalue weighted by molar-refractivity contribution is 5.08. The van der Waals surface area contributed by atoms with Crippen molar-refractivity contribution in [2.75, 3.05) is 6.61 Å². The van der Waals surface area contributed by atoms with Crippen LogP contribution in [-0.4, -0.2) is 23.9 Å². The monoisotopic (exact) mass is 168 g/mol. The molecular formula is C10H16O2. The maximum absolute atomic E-state index is 8.69. The van der Waals surface area contributed by atoms with Gasteiger partial charge >= 0.3 is 0 Å². The molecule has 0 aromatic heterocycles. The number of hydrogen-bond acceptors (Lipinski definition) is 2. The molecule has 1 saturated heterocycles. The summed E-state index contributed by atoms with van der Waals surface area (Å²) in [7, 11) is 0. The van der Waals surface area contributed by atoms with E-state index in [-0.39, 0.29) is 12.7 Å². The molecule has 0 bridgehead atoms. The molecular weight excluding hydrogens is 152 g/mol. The van der Waals surface area contributed by atoms with Crippen LogP contribution in [0.1, 0.15) is 19.8 Å². The zero-order valence-electron chi connectivity index (χ0n) is 7.49. The van der Waals surface area contributed by atoms with Crippen molar-refractivity contribution >= 4 is 0 Å². The fourth-order valence-electron chi connectivity index (χ4n) is 1.25. The molecule has 0 radical (unpaired) electrons. The van der Waals surface area contributed by atoms with Crippen molar-refractivity contribution < 1.29 is 9.84 Å². The highest BCUT2D eigenvalue weighted by atomic mass is 16.6. The van der Waals surface area contributed by atoms with Gasteiger partial charge in [0.1, 0.15) is 6.10 Å².